The number of pyridine rings is 3. The van der Waals surface area contributed by atoms with Gasteiger partial charge in [0.25, 0.3) is 0 Å². The molecule has 6 aromatic rings. The number of H-pyrrole nitrogens is 2. The second-order valence-corrected chi connectivity index (χ2v) is 10.2. The summed E-state index contributed by atoms with van der Waals surface area (Å²) < 4.78 is 0. The SMILES string of the molecule is O=C(Nc1cncc(-c2ccc3[nH]nc(-c4cc5c(-c6cccnc6)cncc5[nH]4)c3c2)c1)C1CCCCC1. The van der Waals surface area contributed by atoms with Crippen molar-refractivity contribution in [1.82, 2.24) is 30.1 Å². The summed E-state index contributed by atoms with van der Waals surface area (Å²) >= 11 is 0. The maximum absolute atomic E-state index is 12.8. The van der Waals surface area contributed by atoms with Gasteiger partial charge < -0.3 is 10.3 Å². The molecule has 0 saturated heterocycles. The Kier molecular flexibility index (Phi) is 5.85. The first-order valence-corrected chi connectivity index (χ1v) is 13.3. The van der Waals surface area contributed by atoms with Crippen molar-refractivity contribution in [1.29, 1.82) is 0 Å². The van der Waals surface area contributed by atoms with Crippen LogP contribution in [-0.4, -0.2) is 36.0 Å². The predicted molar refractivity (Wildman–Crippen MR) is 153 cm³/mol. The molecule has 0 unspecified atom stereocenters. The number of rotatable bonds is 5. The number of carbonyl (C=O) groups excluding carboxylic acids is 1. The number of aromatic amines is 2. The molecule has 1 aliphatic rings. The summed E-state index contributed by atoms with van der Waals surface area (Å²) in [4.78, 5) is 29.4. The number of carbonyl (C=O) groups is 1. The van der Waals surface area contributed by atoms with Gasteiger partial charge in [0.2, 0.25) is 5.91 Å². The third-order valence-electron chi connectivity index (χ3n) is 7.65. The van der Waals surface area contributed by atoms with Crippen LogP contribution in [0.3, 0.4) is 0 Å². The molecule has 1 aliphatic carbocycles. The van der Waals surface area contributed by atoms with Crippen LogP contribution in [0.2, 0.25) is 0 Å². The fraction of sp³-hybridized carbons (Fsp3) is 0.194. The second kappa shape index (κ2) is 9.79. The molecule has 5 aromatic heterocycles. The van der Waals surface area contributed by atoms with E-state index in [1.54, 1.807) is 12.4 Å². The van der Waals surface area contributed by atoms with Gasteiger partial charge in [-0.1, -0.05) is 31.4 Å². The molecule has 1 saturated carbocycles. The fourth-order valence-electron chi connectivity index (χ4n) is 5.60. The summed E-state index contributed by atoms with van der Waals surface area (Å²) in [6, 6.07) is 14.3. The van der Waals surface area contributed by atoms with E-state index in [0.29, 0.717) is 0 Å². The highest BCUT2D eigenvalue weighted by Gasteiger charge is 2.21. The van der Waals surface area contributed by atoms with Gasteiger partial charge in [0, 0.05) is 58.2 Å². The zero-order valence-corrected chi connectivity index (χ0v) is 21.3. The molecular weight excluding hydrogens is 486 g/mol. The second-order valence-electron chi connectivity index (χ2n) is 10.2. The number of hydrogen-bond donors (Lipinski definition) is 3. The molecule has 0 bridgehead atoms. The average Bonchev–Trinajstić information content (AvgIpc) is 3.62. The van der Waals surface area contributed by atoms with Crippen molar-refractivity contribution in [2.24, 2.45) is 5.92 Å². The van der Waals surface area contributed by atoms with Gasteiger partial charge in [-0.3, -0.25) is 24.8 Å². The fourth-order valence-corrected chi connectivity index (χ4v) is 5.60. The zero-order chi connectivity index (χ0) is 26.2. The van der Waals surface area contributed by atoms with Gasteiger partial charge in [-0.25, -0.2) is 0 Å². The third kappa shape index (κ3) is 4.44. The van der Waals surface area contributed by atoms with Crippen LogP contribution in [0.25, 0.3) is 55.4 Å². The maximum atomic E-state index is 12.8. The highest BCUT2D eigenvalue weighted by molar-refractivity contribution is 6.01. The van der Waals surface area contributed by atoms with Crippen molar-refractivity contribution in [3.63, 3.8) is 0 Å². The molecule has 0 atom stereocenters. The lowest BCUT2D eigenvalue weighted by Crippen LogP contribution is -2.24. The molecular formula is C31H27N7O. The van der Waals surface area contributed by atoms with Crippen LogP contribution < -0.4 is 5.32 Å². The molecule has 1 fully saturated rings. The molecule has 5 heterocycles. The first-order chi connectivity index (χ1) is 19.2. The Morgan fingerprint density at radius 1 is 0.795 bits per heavy atom. The molecule has 0 aliphatic heterocycles. The van der Waals surface area contributed by atoms with E-state index in [1.165, 1.54) is 6.42 Å². The van der Waals surface area contributed by atoms with Crippen LogP contribution in [0.5, 0.6) is 0 Å². The molecule has 192 valence electrons. The minimum absolute atomic E-state index is 0.0948. The molecule has 7 rings (SSSR count). The van der Waals surface area contributed by atoms with Crippen LogP contribution in [-0.2, 0) is 4.79 Å². The zero-order valence-electron chi connectivity index (χ0n) is 21.3. The lowest BCUT2D eigenvalue weighted by Gasteiger charge is -2.20. The summed E-state index contributed by atoms with van der Waals surface area (Å²) in [5.74, 6) is 0.192. The molecule has 1 aromatic carbocycles. The van der Waals surface area contributed by atoms with E-state index >= 15 is 0 Å². The molecule has 3 N–H and O–H groups in total. The number of nitrogens with zero attached hydrogens (tertiary/aromatic N) is 4. The maximum Gasteiger partial charge on any atom is 0.227 e. The van der Waals surface area contributed by atoms with Gasteiger partial charge in [-0.15, -0.1) is 0 Å². The highest BCUT2D eigenvalue weighted by atomic mass is 16.1. The van der Waals surface area contributed by atoms with Gasteiger partial charge in [0.05, 0.1) is 34.8 Å². The molecule has 8 nitrogen and oxygen atoms in total. The van der Waals surface area contributed by atoms with Crippen molar-refractivity contribution >= 4 is 33.4 Å². The van der Waals surface area contributed by atoms with E-state index in [9.17, 15) is 4.79 Å². The van der Waals surface area contributed by atoms with Crippen LogP contribution in [0.4, 0.5) is 5.69 Å². The predicted octanol–water partition coefficient (Wildman–Crippen LogP) is 6.75. The number of amides is 1. The number of nitrogens with one attached hydrogen (secondary N) is 3. The summed E-state index contributed by atoms with van der Waals surface area (Å²) in [5, 5.41) is 12.9. The first-order valence-electron chi connectivity index (χ1n) is 13.3. The third-order valence-corrected chi connectivity index (χ3v) is 7.65. The van der Waals surface area contributed by atoms with Gasteiger partial charge >= 0.3 is 0 Å². The Hall–Kier alpha value is -4.85. The van der Waals surface area contributed by atoms with Crippen molar-refractivity contribution in [2.45, 2.75) is 32.1 Å². The average molecular weight is 514 g/mol. The Morgan fingerprint density at radius 2 is 1.67 bits per heavy atom. The van der Waals surface area contributed by atoms with E-state index in [-0.39, 0.29) is 11.8 Å². The van der Waals surface area contributed by atoms with Crippen LogP contribution in [0, 0.1) is 5.92 Å². The van der Waals surface area contributed by atoms with Gasteiger partial charge in [-0.05, 0) is 48.7 Å². The van der Waals surface area contributed by atoms with Crippen LogP contribution >= 0.6 is 0 Å². The Bertz CT molecular complexity index is 1800. The lowest BCUT2D eigenvalue weighted by atomic mass is 9.88. The molecule has 0 spiro atoms. The quantitative estimate of drug-likeness (QED) is 0.236. The van der Waals surface area contributed by atoms with Gasteiger partial charge in [-0.2, -0.15) is 5.10 Å². The largest absolute Gasteiger partial charge is 0.352 e. The van der Waals surface area contributed by atoms with E-state index in [2.05, 4.69) is 47.6 Å². The molecule has 8 heteroatoms. The normalized spacial score (nSPS) is 14.2. The van der Waals surface area contributed by atoms with E-state index in [4.69, 9.17) is 0 Å². The highest BCUT2D eigenvalue weighted by Crippen LogP contribution is 2.35. The van der Waals surface area contributed by atoms with E-state index < -0.39 is 0 Å². The standard InChI is InChI=1S/C31H27N7O/c39-31(19-5-2-1-3-6-19)35-23-11-22(15-33-16-23)20-8-9-27-25(12-20)30(38-37-27)28-13-24-26(17-34-18-29(24)36-28)21-7-4-10-32-14-21/h4,7-19,36H,1-3,5-6H2,(H,35,39)(H,37,38). The van der Waals surface area contributed by atoms with Gasteiger partial charge in [0.1, 0.15) is 5.69 Å². The Morgan fingerprint density at radius 3 is 2.54 bits per heavy atom. The minimum atomic E-state index is 0.0948. The smallest absolute Gasteiger partial charge is 0.227 e. The van der Waals surface area contributed by atoms with Crippen molar-refractivity contribution in [2.75, 3.05) is 5.32 Å². The summed E-state index contributed by atoms with van der Waals surface area (Å²) in [6.45, 7) is 0. The molecule has 1 amide bonds. The molecule has 0 radical (unpaired) electrons. The first kappa shape index (κ1) is 23.3. The van der Waals surface area contributed by atoms with Crippen LogP contribution in [0.15, 0.2) is 79.6 Å². The van der Waals surface area contributed by atoms with E-state index in [0.717, 1.165) is 86.8 Å². The minimum Gasteiger partial charge on any atom is -0.352 e. The van der Waals surface area contributed by atoms with E-state index in [1.807, 2.05) is 55.1 Å². The lowest BCUT2D eigenvalue weighted by molar-refractivity contribution is -0.120. The Labute approximate surface area is 224 Å². The summed E-state index contributed by atoms with van der Waals surface area (Å²) in [6.07, 6.45) is 16.3. The number of hydrogen-bond acceptors (Lipinski definition) is 5. The summed E-state index contributed by atoms with van der Waals surface area (Å²) in [7, 11) is 0. The monoisotopic (exact) mass is 513 g/mol. The number of anilines is 1. The number of fused-ring (bicyclic) bond motifs is 2. The van der Waals surface area contributed by atoms with Gasteiger partial charge in [0.15, 0.2) is 0 Å². The summed E-state index contributed by atoms with van der Waals surface area (Å²) in [5.41, 5.74) is 8.29. The molecule has 39 heavy (non-hydrogen) atoms. The number of benzene rings is 1. The van der Waals surface area contributed by atoms with Crippen molar-refractivity contribution in [3.05, 3.63) is 79.6 Å². The van der Waals surface area contributed by atoms with Crippen molar-refractivity contribution in [3.8, 4) is 33.6 Å². The van der Waals surface area contributed by atoms with Crippen molar-refractivity contribution < 1.29 is 4.79 Å². The topological polar surface area (TPSA) is 112 Å². The van der Waals surface area contributed by atoms with Crippen LogP contribution in [0.1, 0.15) is 32.1 Å². The number of aromatic nitrogens is 6. The Balaban J connectivity index is 1.23.